The fraction of sp³-hybridized carbons (Fsp3) is 0.130. The van der Waals surface area contributed by atoms with Gasteiger partial charge in [-0.2, -0.15) is 5.10 Å². The Morgan fingerprint density at radius 3 is 2.56 bits per heavy atom. The Labute approximate surface area is 189 Å². The number of furan rings is 1. The van der Waals surface area contributed by atoms with Crippen molar-refractivity contribution in [1.29, 1.82) is 0 Å². The summed E-state index contributed by atoms with van der Waals surface area (Å²) in [6.45, 7) is 1.76. The van der Waals surface area contributed by atoms with E-state index >= 15 is 0 Å². The quantitative estimate of drug-likeness (QED) is 0.248. The van der Waals surface area contributed by atoms with Crippen LogP contribution in [0.1, 0.15) is 12.7 Å². The lowest BCUT2D eigenvalue weighted by atomic mass is 10.2. The summed E-state index contributed by atoms with van der Waals surface area (Å²) in [6, 6.07) is 20.9. The van der Waals surface area contributed by atoms with E-state index in [1.54, 1.807) is 32.4 Å². The maximum Gasteiger partial charge on any atom is 0.250 e. The Morgan fingerprint density at radius 2 is 1.88 bits per heavy atom. The number of hydrogen-bond donors (Lipinski definition) is 1. The van der Waals surface area contributed by atoms with Gasteiger partial charge in [0.15, 0.2) is 11.0 Å². The van der Waals surface area contributed by atoms with Crippen molar-refractivity contribution in [3.05, 3.63) is 78.8 Å². The third kappa shape index (κ3) is 4.89. The van der Waals surface area contributed by atoms with E-state index in [4.69, 9.17) is 9.15 Å². The standard InChI is InChI=1S/C23H21N5O3S/c1-16(20-9-6-14-31-20)24-25-21(29)15-32-23-27-26-22(17-10-12-19(30-2)13-11-17)28(23)18-7-4-3-5-8-18/h3-14H,15H2,1-2H3,(H,25,29). The zero-order chi connectivity index (χ0) is 22.3. The van der Waals surface area contributed by atoms with E-state index in [2.05, 4.69) is 20.7 Å². The topological polar surface area (TPSA) is 94.5 Å². The number of thioether (sulfide) groups is 1. The third-order valence-electron chi connectivity index (χ3n) is 4.55. The van der Waals surface area contributed by atoms with Gasteiger partial charge in [0.25, 0.3) is 5.91 Å². The highest BCUT2D eigenvalue weighted by molar-refractivity contribution is 7.99. The molecule has 8 nitrogen and oxygen atoms in total. The van der Waals surface area contributed by atoms with Gasteiger partial charge in [-0.05, 0) is 55.5 Å². The number of rotatable bonds is 8. The second-order valence-corrected chi connectivity index (χ2v) is 7.65. The number of aromatic nitrogens is 3. The van der Waals surface area contributed by atoms with E-state index < -0.39 is 0 Å². The summed E-state index contributed by atoms with van der Waals surface area (Å²) in [5.74, 6) is 1.91. The first-order chi connectivity index (χ1) is 15.7. The van der Waals surface area contributed by atoms with Crippen LogP contribution in [0.3, 0.4) is 0 Å². The van der Waals surface area contributed by atoms with Gasteiger partial charge in [-0.15, -0.1) is 10.2 Å². The van der Waals surface area contributed by atoms with Crippen molar-refractivity contribution in [3.8, 4) is 22.8 Å². The minimum atomic E-state index is -0.255. The fourth-order valence-corrected chi connectivity index (χ4v) is 3.69. The molecule has 0 saturated carbocycles. The number of para-hydroxylation sites is 1. The molecule has 0 spiro atoms. The summed E-state index contributed by atoms with van der Waals surface area (Å²) in [5.41, 5.74) is 4.92. The first-order valence-corrected chi connectivity index (χ1v) is 10.8. The zero-order valence-electron chi connectivity index (χ0n) is 17.6. The lowest BCUT2D eigenvalue weighted by molar-refractivity contribution is -0.118. The number of amides is 1. The van der Waals surface area contributed by atoms with Crippen LogP contribution in [0.2, 0.25) is 0 Å². The van der Waals surface area contributed by atoms with Crippen molar-refractivity contribution in [2.24, 2.45) is 5.10 Å². The van der Waals surface area contributed by atoms with Crippen molar-refractivity contribution in [2.75, 3.05) is 12.9 Å². The maximum absolute atomic E-state index is 12.3. The van der Waals surface area contributed by atoms with E-state index in [1.165, 1.54) is 11.8 Å². The summed E-state index contributed by atoms with van der Waals surface area (Å²) < 4.78 is 12.4. The maximum atomic E-state index is 12.3. The number of benzene rings is 2. The minimum Gasteiger partial charge on any atom is -0.497 e. The van der Waals surface area contributed by atoms with Crippen molar-refractivity contribution >= 4 is 23.4 Å². The monoisotopic (exact) mass is 447 g/mol. The zero-order valence-corrected chi connectivity index (χ0v) is 18.4. The molecular formula is C23H21N5O3S. The largest absolute Gasteiger partial charge is 0.497 e. The van der Waals surface area contributed by atoms with Gasteiger partial charge in [0.05, 0.1) is 19.1 Å². The van der Waals surface area contributed by atoms with Crippen LogP contribution in [-0.4, -0.2) is 39.2 Å². The molecule has 2 heterocycles. The number of nitrogens with zero attached hydrogens (tertiary/aromatic N) is 4. The average Bonchev–Trinajstić information content (AvgIpc) is 3.52. The van der Waals surface area contributed by atoms with E-state index in [0.29, 0.717) is 22.5 Å². The van der Waals surface area contributed by atoms with E-state index in [9.17, 15) is 4.79 Å². The van der Waals surface area contributed by atoms with Gasteiger partial charge < -0.3 is 9.15 Å². The second-order valence-electron chi connectivity index (χ2n) is 6.70. The number of hydrogen-bond acceptors (Lipinski definition) is 7. The molecule has 4 aromatic rings. The Bertz CT molecular complexity index is 1200. The lowest BCUT2D eigenvalue weighted by Gasteiger charge is -2.10. The molecule has 1 amide bonds. The SMILES string of the molecule is COc1ccc(-c2nnc(SCC(=O)NN=C(C)c3ccco3)n2-c2ccccc2)cc1. The molecule has 0 atom stereocenters. The molecule has 162 valence electrons. The highest BCUT2D eigenvalue weighted by Gasteiger charge is 2.17. The summed E-state index contributed by atoms with van der Waals surface area (Å²) in [6.07, 6.45) is 1.56. The predicted molar refractivity (Wildman–Crippen MR) is 123 cm³/mol. The Balaban J connectivity index is 1.54. The number of carbonyl (C=O) groups excluding carboxylic acids is 1. The molecule has 0 aliphatic rings. The van der Waals surface area contributed by atoms with Crippen LogP contribution < -0.4 is 10.2 Å². The predicted octanol–water partition coefficient (Wildman–Crippen LogP) is 4.17. The van der Waals surface area contributed by atoms with Crippen LogP contribution in [0.15, 0.2) is 87.7 Å². The molecule has 0 bridgehead atoms. The van der Waals surface area contributed by atoms with Crippen molar-refractivity contribution in [3.63, 3.8) is 0 Å². The van der Waals surface area contributed by atoms with Crippen LogP contribution in [0.4, 0.5) is 0 Å². The molecule has 0 aliphatic carbocycles. The van der Waals surface area contributed by atoms with Crippen molar-refractivity contribution in [2.45, 2.75) is 12.1 Å². The van der Waals surface area contributed by atoms with Gasteiger partial charge >= 0.3 is 0 Å². The molecule has 9 heteroatoms. The lowest BCUT2D eigenvalue weighted by Crippen LogP contribution is -2.21. The van der Waals surface area contributed by atoms with Gasteiger partial charge in [-0.25, -0.2) is 5.43 Å². The molecule has 2 aromatic carbocycles. The molecule has 0 saturated heterocycles. The highest BCUT2D eigenvalue weighted by atomic mass is 32.2. The van der Waals surface area contributed by atoms with Crippen LogP contribution in [0, 0.1) is 0 Å². The molecule has 32 heavy (non-hydrogen) atoms. The van der Waals surface area contributed by atoms with Crippen LogP contribution in [-0.2, 0) is 4.79 Å². The third-order valence-corrected chi connectivity index (χ3v) is 5.48. The molecule has 4 rings (SSSR count). The molecule has 0 unspecified atom stereocenters. The summed E-state index contributed by atoms with van der Waals surface area (Å²) in [5, 5.41) is 13.4. The van der Waals surface area contributed by atoms with Crippen LogP contribution in [0.25, 0.3) is 17.1 Å². The van der Waals surface area contributed by atoms with Crippen LogP contribution in [0.5, 0.6) is 5.75 Å². The van der Waals surface area contributed by atoms with Crippen molar-refractivity contribution < 1.29 is 13.9 Å². The molecule has 1 N–H and O–H groups in total. The summed E-state index contributed by atoms with van der Waals surface area (Å²) >= 11 is 1.28. The normalized spacial score (nSPS) is 11.4. The molecule has 0 aliphatic heterocycles. The number of carbonyl (C=O) groups is 1. The highest BCUT2D eigenvalue weighted by Crippen LogP contribution is 2.28. The Morgan fingerprint density at radius 1 is 1.09 bits per heavy atom. The number of ether oxygens (including phenoxy) is 1. The molecule has 0 radical (unpaired) electrons. The number of hydrazone groups is 1. The molecule has 2 aromatic heterocycles. The Kier molecular flexibility index (Phi) is 6.66. The smallest absolute Gasteiger partial charge is 0.250 e. The van der Waals surface area contributed by atoms with Gasteiger partial charge in [0.1, 0.15) is 17.2 Å². The van der Waals surface area contributed by atoms with Gasteiger partial charge in [0.2, 0.25) is 0 Å². The van der Waals surface area contributed by atoms with Gasteiger partial charge in [0, 0.05) is 11.3 Å². The number of nitrogens with one attached hydrogen (secondary N) is 1. The average molecular weight is 448 g/mol. The van der Waals surface area contributed by atoms with E-state index in [0.717, 1.165) is 17.0 Å². The summed E-state index contributed by atoms with van der Waals surface area (Å²) in [4.78, 5) is 12.3. The fourth-order valence-electron chi connectivity index (χ4n) is 2.95. The number of methoxy groups -OCH3 is 1. The first-order valence-electron chi connectivity index (χ1n) is 9.81. The Hall–Kier alpha value is -3.85. The molecular weight excluding hydrogens is 426 g/mol. The van der Waals surface area contributed by atoms with E-state index in [-0.39, 0.29) is 11.7 Å². The van der Waals surface area contributed by atoms with Gasteiger partial charge in [-0.1, -0.05) is 30.0 Å². The van der Waals surface area contributed by atoms with Gasteiger partial charge in [-0.3, -0.25) is 9.36 Å². The second kappa shape index (κ2) is 9.97. The minimum absolute atomic E-state index is 0.127. The summed E-state index contributed by atoms with van der Waals surface area (Å²) in [7, 11) is 1.63. The van der Waals surface area contributed by atoms with Crippen LogP contribution >= 0.6 is 11.8 Å². The molecule has 0 fully saturated rings. The first kappa shape index (κ1) is 21.4. The van der Waals surface area contributed by atoms with E-state index in [1.807, 2.05) is 59.2 Å². The van der Waals surface area contributed by atoms with Crippen molar-refractivity contribution in [1.82, 2.24) is 20.2 Å².